The molecule has 0 fully saturated rings. The first-order chi connectivity index (χ1) is 23.2. The van der Waals surface area contributed by atoms with Crippen molar-refractivity contribution in [3.63, 3.8) is 0 Å². The highest BCUT2D eigenvalue weighted by Crippen LogP contribution is 2.15. The molecule has 0 radical (unpaired) electrons. The highest BCUT2D eigenvalue weighted by molar-refractivity contribution is 7.09. The van der Waals surface area contributed by atoms with Gasteiger partial charge in [0.25, 0.3) is 5.91 Å². The smallest absolute Gasteiger partial charge is 0.289 e. The van der Waals surface area contributed by atoms with Gasteiger partial charge in [-0.1, -0.05) is 73.5 Å². The molecule has 4 N–H and O–H groups in total. The van der Waals surface area contributed by atoms with Gasteiger partial charge < -0.3 is 21.3 Å². The van der Waals surface area contributed by atoms with Gasteiger partial charge in [0.1, 0.15) is 12.1 Å². The summed E-state index contributed by atoms with van der Waals surface area (Å²) in [6.07, 6.45) is 5.39. The largest absolute Gasteiger partial charge is 0.351 e. The lowest BCUT2D eigenvalue weighted by Gasteiger charge is -2.24. The Balaban J connectivity index is 1.60. The standard InChI is InChI=1S/C37H47ClN4O5S/c1-3-29(25-34(44)42-32(35(45)37(47)39-4-2)24-27-17-20-28(38)21-18-27)40-36(46)31(22-19-26-12-7-5-8-13-26)41-33(43)16-10-6-9-14-30-15-11-23-48-30/h5,7-8,11-13,15,17-18,20-21,23,29,31-32H,3-4,6,9-10,14,16,19,22,24-25H2,1-2H3,(H,39,47)(H,40,46)(H,41,43)(H,42,44)/t29-,31?,32?/m0/s1. The van der Waals surface area contributed by atoms with Crippen molar-refractivity contribution in [2.45, 2.75) is 96.2 Å². The highest BCUT2D eigenvalue weighted by Gasteiger charge is 2.29. The van der Waals surface area contributed by atoms with Gasteiger partial charge in [0.15, 0.2) is 0 Å². The predicted molar refractivity (Wildman–Crippen MR) is 191 cm³/mol. The molecule has 1 heterocycles. The van der Waals surface area contributed by atoms with Crippen LogP contribution in [-0.2, 0) is 43.2 Å². The van der Waals surface area contributed by atoms with E-state index in [1.54, 1.807) is 42.5 Å². The van der Waals surface area contributed by atoms with E-state index < -0.39 is 35.7 Å². The minimum absolute atomic E-state index is 0.101. The topological polar surface area (TPSA) is 133 Å². The number of likely N-dealkylation sites (N-methyl/N-ethyl adjacent to an activating group) is 1. The Labute approximate surface area is 292 Å². The molecule has 0 saturated carbocycles. The monoisotopic (exact) mass is 694 g/mol. The van der Waals surface area contributed by atoms with Crippen LogP contribution in [0.3, 0.4) is 0 Å². The van der Waals surface area contributed by atoms with Gasteiger partial charge in [-0.15, -0.1) is 11.3 Å². The maximum atomic E-state index is 13.5. The van der Waals surface area contributed by atoms with Crippen LogP contribution in [0.2, 0.25) is 5.02 Å². The zero-order valence-electron chi connectivity index (χ0n) is 27.8. The maximum Gasteiger partial charge on any atom is 0.289 e. The van der Waals surface area contributed by atoms with Crippen molar-refractivity contribution in [1.29, 1.82) is 0 Å². The normalized spacial score (nSPS) is 12.7. The number of aryl methyl sites for hydroxylation is 2. The van der Waals surface area contributed by atoms with Crippen molar-refractivity contribution in [1.82, 2.24) is 21.3 Å². The molecule has 0 aliphatic carbocycles. The molecular formula is C37H47ClN4O5S. The van der Waals surface area contributed by atoms with Crippen LogP contribution < -0.4 is 21.3 Å². The van der Waals surface area contributed by atoms with Crippen molar-refractivity contribution >= 4 is 52.3 Å². The number of hydrogen-bond acceptors (Lipinski definition) is 6. The molecule has 48 heavy (non-hydrogen) atoms. The molecule has 9 nitrogen and oxygen atoms in total. The fraction of sp³-hybridized carbons (Fsp3) is 0.432. The molecule has 258 valence electrons. The van der Waals surface area contributed by atoms with Gasteiger partial charge in [0.05, 0.1) is 0 Å². The predicted octanol–water partition coefficient (Wildman–Crippen LogP) is 5.34. The van der Waals surface area contributed by atoms with Gasteiger partial charge in [0.2, 0.25) is 23.5 Å². The lowest BCUT2D eigenvalue weighted by atomic mass is 10.0. The Morgan fingerprint density at radius 1 is 0.750 bits per heavy atom. The zero-order chi connectivity index (χ0) is 34.7. The van der Waals surface area contributed by atoms with E-state index in [1.165, 1.54) is 4.88 Å². The Kier molecular flexibility index (Phi) is 16.9. The molecule has 2 aromatic carbocycles. The summed E-state index contributed by atoms with van der Waals surface area (Å²) in [5, 5.41) is 13.7. The molecule has 0 bridgehead atoms. The van der Waals surface area contributed by atoms with Gasteiger partial charge >= 0.3 is 0 Å². The van der Waals surface area contributed by atoms with Crippen molar-refractivity contribution in [2.24, 2.45) is 0 Å². The van der Waals surface area contributed by atoms with Gasteiger partial charge in [-0.2, -0.15) is 0 Å². The minimum atomic E-state index is -1.10. The van der Waals surface area contributed by atoms with E-state index >= 15 is 0 Å². The van der Waals surface area contributed by atoms with Crippen molar-refractivity contribution in [3.05, 3.63) is 93.1 Å². The Morgan fingerprint density at radius 3 is 2.15 bits per heavy atom. The zero-order valence-corrected chi connectivity index (χ0v) is 29.3. The van der Waals surface area contributed by atoms with Crippen molar-refractivity contribution in [3.8, 4) is 0 Å². The van der Waals surface area contributed by atoms with Gasteiger partial charge in [-0.3, -0.25) is 24.0 Å². The van der Waals surface area contributed by atoms with Crippen molar-refractivity contribution in [2.75, 3.05) is 6.54 Å². The summed E-state index contributed by atoms with van der Waals surface area (Å²) in [5.41, 5.74) is 1.77. The number of rotatable bonds is 21. The van der Waals surface area contributed by atoms with E-state index in [4.69, 9.17) is 11.6 Å². The number of hydrogen-bond donors (Lipinski definition) is 4. The third-order valence-corrected chi connectivity index (χ3v) is 9.15. The summed E-state index contributed by atoms with van der Waals surface area (Å²) < 4.78 is 0. The van der Waals surface area contributed by atoms with Crippen LogP contribution in [0.4, 0.5) is 0 Å². The Bertz CT molecular complexity index is 1450. The number of halogens is 1. The number of amides is 4. The van der Waals surface area contributed by atoms with Gasteiger partial charge in [-0.05, 0) is 80.2 Å². The molecule has 0 spiro atoms. The molecule has 3 atom stereocenters. The summed E-state index contributed by atoms with van der Waals surface area (Å²) in [4.78, 5) is 66.3. The molecule has 0 aliphatic heterocycles. The summed E-state index contributed by atoms with van der Waals surface area (Å²) in [5.74, 6) is -2.57. The second-order valence-corrected chi connectivity index (χ2v) is 13.2. The first kappa shape index (κ1) is 38.4. The second kappa shape index (κ2) is 21.1. The Morgan fingerprint density at radius 2 is 1.48 bits per heavy atom. The second-order valence-electron chi connectivity index (χ2n) is 11.8. The fourth-order valence-electron chi connectivity index (χ4n) is 5.26. The van der Waals surface area contributed by atoms with E-state index in [0.717, 1.165) is 36.8 Å². The van der Waals surface area contributed by atoms with Crippen molar-refractivity contribution < 1.29 is 24.0 Å². The molecule has 2 unspecified atom stereocenters. The van der Waals surface area contributed by atoms with Crippen LogP contribution in [0, 0.1) is 0 Å². The van der Waals surface area contributed by atoms with Gasteiger partial charge in [-0.25, -0.2) is 0 Å². The number of carbonyl (C=O) groups excluding carboxylic acids is 5. The van der Waals surface area contributed by atoms with Crippen LogP contribution in [0.5, 0.6) is 0 Å². The molecular weight excluding hydrogens is 648 g/mol. The average Bonchev–Trinajstić information content (AvgIpc) is 3.60. The first-order valence-electron chi connectivity index (χ1n) is 16.7. The fourth-order valence-corrected chi connectivity index (χ4v) is 6.13. The lowest BCUT2D eigenvalue weighted by molar-refractivity contribution is -0.140. The van der Waals surface area contributed by atoms with E-state index in [9.17, 15) is 24.0 Å². The molecule has 3 rings (SSSR count). The summed E-state index contributed by atoms with van der Waals surface area (Å²) >= 11 is 7.73. The quantitative estimate of drug-likeness (QED) is 0.0883. The van der Waals surface area contributed by atoms with Crippen LogP contribution in [0.1, 0.15) is 74.8 Å². The summed E-state index contributed by atoms with van der Waals surface area (Å²) in [6, 6.07) is 18.3. The molecule has 0 saturated heterocycles. The lowest BCUT2D eigenvalue weighted by Crippen LogP contribution is -2.52. The molecule has 4 amide bonds. The van der Waals surface area contributed by atoms with Crippen LogP contribution in [0.15, 0.2) is 72.1 Å². The number of unbranched alkanes of at least 4 members (excludes halogenated alkanes) is 2. The SMILES string of the molecule is CCNC(=O)C(=O)C(Cc1ccc(Cl)cc1)NC(=O)C[C@H](CC)NC(=O)C(CCc1ccccc1)NC(=O)CCCCCc1cccs1. The van der Waals surface area contributed by atoms with E-state index in [0.29, 0.717) is 30.7 Å². The van der Waals surface area contributed by atoms with Crippen LogP contribution >= 0.6 is 22.9 Å². The first-order valence-corrected chi connectivity index (χ1v) is 18.0. The third-order valence-electron chi connectivity index (χ3n) is 7.96. The van der Waals surface area contributed by atoms with E-state index in [2.05, 4.69) is 32.7 Å². The van der Waals surface area contributed by atoms with E-state index in [-0.39, 0.29) is 31.2 Å². The van der Waals surface area contributed by atoms with Gasteiger partial charge in [0, 0.05) is 41.7 Å². The van der Waals surface area contributed by atoms with E-state index in [1.807, 2.05) is 43.3 Å². The minimum Gasteiger partial charge on any atom is -0.351 e. The average molecular weight is 695 g/mol. The number of Topliss-reactive ketones (excluding diaryl/α,β-unsaturated/α-hetero) is 1. The summed E-state index contributed by atoms with van der Waals surface area (Å²) in [6.45, 7) is 3.82. The number of carbonyl (C=O) groups is 5. The number of benzene rings is 2. The van der Waals surface area contributed by atoms with Crippen LogP contribution in [-0.4, -0.2) is 54.1 Å². The number of nitrogens with one attached hydrogen (secondary N) is 4. The Hall–Kier alpha value is -4.02. The number of ketones is 1. The van der Waals surface area contributed by atoms with Crippen LogP contribution in [0.25, 0.3) is 0 Å². The molecule has 1 aromatic heterocycles. The molecule has 3 aromatic rings. The highest BCUT2D eigenvalue weighted by atomic mass is 35.5. The molecule has 0 aliphatic rings. The summed E-state index contributed by atoms with van der Waals surface area (Å²) in [7, 11) is 0. The molecule has 11 heteroatoms. The maximum absolute atomic E-state index is 13.5. The third kappa shape index (κ3) is 14.0. The number of thiophene rings is 1.